The normalized spacial score (nSPS) is 10.2. The average Bonchev–Trinajstić information content (AvgIpc) is 2.44. The summed E-state index contributed by atoms with van der Waals surface area (Å²) in [6, 6.07) is 12.4. The maximum atomic E-state index is 12.2. The number of hydrogen-bond acceptors (Lipinski definition) is 2. The van der Waals surface area contributed by atoms with Crippen LogP contribution in [0.25, 0.3) is 0 Å². The first-order valence-corrected chi connectivity index (χ1v) is 7.76. The summed E-state index contributed by atoms with van der Waals surface area (Å²) in [5.41, 5.74) is 1.18. The lowest BCUT2D eigenvalue weighted by molar-refractivity contribution is 0.102. The van der Waals surface area contributed by atoms with Crippen LogP contribution in [0.3, 0.4) is 0 Å². The lowest BCUT2D eigenvalue weighted by atomic mass is 10.2. The molecule has 0 saturated heterocycles. The molecule has 1 amide bonds. The minimum absolute atomic E-state index is 0.217. The summed E-state index contributed by atoms with van der Waals surface area (Å²) in [5, 5.41) is 3.34. The monoisotopic (exact) mass is 367 g/mol. The summed E-state index contributed by atoms with van der Waals surface area (Å²) in [6.07, 6.45) is 0.938. The molecule has 0 aliphatic rings. The number of hydrogen-bond donors (Lipinski definition) is 1. The van der Waals surface area contributed by atoms with Crippen LogP contribution in [0.15, 0.2) is 46.9 Å². The van der Waals surface area contributed by atoms with E-state index in [0.717, 1.165) is 16.6 Å². The van der Waals surface area contributed by atoms with Gasteiger partial charge in [-0.1, -0.05) is 40.5 Å². The van der Waals surface area contributed by atoms with Crippen LogP contribution in [-0.4, -0.2) is 12.5 Å². The number of anilines is 1. The van der Waals surface area contributed by atoms with Crippen LogP contribution >= 0.6 is 27.5 Å². The van der Waals surface area contributed by atoms with Crippen LogP contribution in [-0.2, 0) is 0 Å². The zero-order chi connectivity index (χ0) is 15.2. The van der Waals surface area contributed by atoms with E-state index in [0.29, 0.717) is 22.9 Å². The molecule has 110 valence electrons. The van der Waals surface area contributed by atoms with Crippen molar-refractivity contribution < 1.29 is 9.53 Å². The van der Waals surface area contributed by atoms with Gasteiger partial charge in [-0.2, -0.15) is 0 Å². The van der Waals surface area contributed by atoms with Crippen molar-refractivity contribution in [3.63, 3.8) is 0 Å². The summed E-state index contributed by atoms with van der Waals surface area (Å²) in [6.45, 7) is 2.70. The zero-order valence-corrected chi connectivity index (χ0v) is 13.9. The van der Waals surface area contributed by atoms with E-state index < -0.39 is 0 Å². The van der Waals surface area contributed by atoms with Crippen LogP contribution < -0.4 is 10.1 Å². The van der Waals surface area contributed by atoms with Crippen molar-refractivity contribution in [1.82, 2.24) is 0 Å². The van der Waals surface area contributed by atoms with Gasteiger partial charge in [0.15, 0.2) is 0 Å². The van der Waals surface area contributed by atoms with Crippen molar-refractivity contribution in [1.29, 1.82) is 0 Å². The molecule has 0 aliphatic heterocycles. The molecule has 5 heteroatoms. The van der Waals surface area contributed by atoms with Gasteiger partial charge in [0.25, 0.3) is 5.91 Å². The maximum Gasteiger partial charge on any atom is 0.255 e. The first-order chi connectivity index (χ1) is 10.1. The molecule has 3 nitrogen and oxygen atoms in total. The Morgan fingerprint density at radius 1 is 1.29 bits per heavy atom. The molecule has 0 atom stereocenters. The molecule has 2 aromatic carbocycles. The SMILES string of the molecule is CCCOc1cccc(NC(=O)c2cc(Cl)cc(Br)c2)c1. The summed E-state index contributed by atoms with van der Waals surface area (Å²) in [7, 11) is 0. The second-order valence-electron chi connectivity index (χ2n) is 4.49. The highest BCUT2D eigenvalue weighted by Crippen LogP contribution is 2.22. The molecule has 0 fully saturated rings. The van der Waals surface area contributed by atoms with Gasteiger partial charge >= 0.3 is 0 Å². The largest absolute Gasteiger partial charge is 0.494 e. The van der Waals surface area contributed by atoms with Crippen molar-refractivity contribution in [3.8, 4) is 5.75 Å². The Balaban J connectivity index is 2.11. The van der Waals surface area contributed by atoms with E-state index in [1.54, 1.807) is 24.3 Å². The minimum Gasteiger partial charge on any atom is -0.494 e. The van der Waals surface area contributed by atoms with E-state index in [2.05, 4.69) is 21.2 Å². The number of halogens is 2. The zero-order valence-electron chi connectivity index (χ0n) is 11.5. The van der Waals surface area contributed by atoms with Crippen molar-refractivity contribution in [2.24, 2.45) is 0 Å². The molecule has 2 aromatic rings. The Labute approximate surface area is 137 Å². The molecule has 0 unspecified atom stereocenters. The second-order valence-corrected chi connectivity index (χ2v) is 5.84. The van der Waals surface area contributed by atoms with Crippen LogP contribution in [0.4, 0.5) is 5.69 Å². The van der Waals surface area contributed by atoms with Gasteiger partial charge in [0.1, 0.15) is 5.75 Å². The molecule has 1 N–H and O–H groups in total. The lowest BCUT2D eigenvalue weighted by Gasteiger charge is -2.09. The molecule has 0 radical (unpaired) electrons. The number of ether oxygens (including phenoxy) is 1. The molecule has 2 rings (SSSR count). The van der Waals surface area contributed by atoms with E-state index in [1.807, 2.05) is 25.1 Å². The molecule has 0 heterocycles. The molecular formula is C16H15BrClNO2. The minimum atomic E-state index is -0.217. The van der Waals surface area contributed by atoms with Gasteiger partial charge < -0.3 is 10.1 Å². The number of nitrogens with one attached hydrogen (secondary N) is 1. The van der Waals surface area contributed by atoms with Crippen molar-refractivity contribution in [2.75, 3.05) is 11.9 Å². The van der Waals surface area contributed by atoms with E-state index >= 15 is 0 Å². The summed E-state index contributed by atoms with van der Waals surface area (Å²) in [5.74, 6) is 0.521. The van der Waals surface area contributed by atoms with Gasteiger partial charge in [0.2, 0.25) is 0 Å². The van der Waals surface area contributed by atoms with E-state index in [9.17, 15) is 4.79 Å². The molecule has 21 heavy (non-hydrogen) atoms. The van der Waals surface area contributed by atoms with Gasteiger partial charge in [0, 0.05) is 26.8 Å². The second kappa shape index (κ2) is 7.48. The average molecular weight is 369 g/mol. The van der Waals surface area contributed by atoms with E-state index in [4.69, 9.17) is 16.3 Å². The van der Waals surface area contributed by atoms with Crippen LogP contribution in [0, 0.1) is 0 Å². The Bertz CT molecular complexity index is 626. The van der Waals surface area contributed by atoms with Crippen LogP contribution in [0.5, 0.6) is 5.75 Å². The Morgan fingerprint density at radius 2 is 2.10 bits per heavy atom. The predicted octanol–water partition coefficient (Wildman–Crippen LogP) is 5.14. The standard InChI is InChI=1S/C16H15BrClNO2/c1-2-6-21-15-5-3-4-14(10-15)19-16(20)11-7-12(17)9-13(18)8-11/h3-5,7-10H,2,6H2,1H3,(H,19,20). The summed E-state index contributed by atoms with van der Waals surface area (Å²) in [4.78, 5) is 12.2. The fraction of sp³-hybridized carbons (Fsp3) is 0.188. The Hall–Kier alpha value is -1.52. The number of benzene rings is 2. The smallest absolute Gasteiger partial charge is 0.255 e. The number of amides is 1. The third-order valence-corrected chi connectivity index (χ3v) is 3.37. The van der Waals surface area contributed by atoms with Gasteiger partial charge in [-0.25, -0.2) is 0 Å². The summed E-state index contributed by atoms with van der Waals surface area (Å²) >= 11 is 9.27. The number of rotatable bonds is 5. The Kier molecular flexibility index (Phi) is 5.65. The quantitative estimate of drug-likeness (QED) is 0.793. The first kappa shape index (κ1) is 15.9. The van der Waals surface area contributed by atoms with Crippen LogP contribution in [0.1, 0.15) is 23.7 Å². The molecular weight excluding hydrogens is 354 g/mol. The first-order valence-electron chi connectivity index (χ1n) is 6.59. The van der Waals surface area contributed by atoms with Crippen molar-refractivity contribution in [2.45, 2.75) is 13.3 Å². The van der Waals surface area contributed by atoms with E-state index in [1.165, 1.54) is 0 Å². The van der Waals surface area contributed by atoms with Crippen molar-refractivity contribution >= 4 is 39.1 Å². The third kappa shape index (κ3) is 4.76. The maximum absolute atomic E-state index is 12.2. The highest BCUT2D eigenvalue weighted by atomic mass is 79.9. The molecule has 0 aliphatic carbocycles. The number of carbonyl (C=O) groups is 1. The predicted molar refractivity (Wildman–Crippen MR) is 89.3 cm³/mol. The highest BCUT2D eigenvalue weighted by molar-refractivity contribution is 9.10. The molecule has 0 aromatic heterocycles. The van der Waals surface area contributed by atoms with Crippen molar-refractivity contribution in [3.05, 3.63) is 57.5 Å². The topological polar surface area (TPSA) is 38.3 Å². The molecule has 0 spiro atoms. The lowest BCUT2D eigenvalue weighted by Crippen LogP contribution is -2.12. The third-order valence-electron chi connectivity index (χ3n) is 2.69. The fourth-order valence-corrected chi connectivity index (χ4v) is 2.63. The fourth-order valence-electron chi connectivity index (χ4n) is 1.77. The highest BCUT2D eigenvalue weighted by Gasteiger charge is 2.08. The Morgan fingerprint density at radius 3 is 2.81 bits per heavy atom. The molecule has 0 saturated carbocycles. The van der Waals surface area contributed by atoms with Gasteiger partial charge in [-0.05, 0) is 36.8 Å². The van der Waals surface area contributed by atoms with Gasteiger partial charge in [-0.3, -0.25) is 4.79 Å². The van der Waals surface area contributed by atoms with E-state index in [-0.39, 0.29) is 5.91 Å². The van der Waals surface area contributed by atoms with Gasteiger partial charge in [-0.15, -0.1) is 0 Å². The molecule has 0 bridgehead atoms. The number of carbonyl (C=O) groups excluding carboxylic acids is 1. The van der Waals surface area contributed by atoms with Gasteiger partial charge in [0.05, 0.1) is 6.61 Å². The summed E-state index contributed by atoms with van der Waals surface area (Å²) < 4.78 is 6.31. The van der Waals surface area contributed by atoms with Crippen LogP contribution in [0.2, 0.25) is 5.02 Å².